The lowest BCUT2D eigenvalue weighted by molar-refractivity contribution is 0.511. The van der Waals surface area contributed by atoms with Crippen LogP contribution in [0.1, 0.15) is 0 Å². The second kappa shape index (κ2) is 4.67. The van der Waals surface area contributed by atoms with Crippen molar-refractivity contribution in [1.82, 2.24) is 10.2 Å². The third kappa shape index (κ3) is 2.18. The van der Waals surface area contributed by atoms with E-state index < -0.39 is 11.6 Å². The lowest BCUT2D eigenvalue weighted by Gasteiger charge is -2.05. The van der Waals surface area contributed by atoms with E-state index in [0.717, 1.165) is 12.1 Å². The van der Waals surface area contributed by atoms with Crippen LogP contribution in [0.4, 0.5) is 8.78 Å². The summed E-state index contributed by atoms with van der Waals surface area (Å²) in [4.78, 5) is 0.713. The molecule has 2 aromatic heterocycles. The van der Waals surface area contributed by atoms with Crippen LogP contribution in [-0.4, -0.2) is 10.2 Å². The van der Waals surface area contributed by atoms with Gasteiger partial charge >= 0.3 is 0 Å². The van der Waals surface area contributed by atoms with Crippen molar-refractivity contribution in [2.75, 3.05) is 0 Å². The highest BCUT2D eigenvalue weighted by Crippen LogP contribution is 2.35. The Bertz CT molecular complexity index is 789. The fraction of sp³-hybridized carbons (Fsp3) is 0. The molecule has 0 saturated carbocycles. The minimum atomic E-state index is -0.974. The molecule has 19 heavy (non-hydrogen) atoms. The molecule has 0 saturated heterocycles. The maximum absolute atomic E-state index is 13.4. The van der Waals surface area contributed by atoms with Gasteiger partial charge in [-0.2, -0.15) is 0 Å². The summed E-state index contributed by atoms with van der Waals surface area (Å²) in [6, 6.07) is 5.52. The van der Waals surface area contributed by atoms with E-state index in [1.807, 2.05) is 0 Å². The van der Waals surface area contributed by atoms with Crippen LogP contribution in [0.15, 0.2) is 24.3 Å². The summed E-state index contributed by atoms with van der Waals surface area (Å²) in [5.74, 6) is -1.93. The summed E-state index contributed by atoms with van der Waals surface area (Å²) < 4.78 is 27.2. The minimum Gasteiger partial charge on any atom is -0.204 e. The van der Waals surface area contributed by atoms with Crippen LogP contribution in [-0.2, 0) is 0 Å². The number of hydrogen-bond donors (Lipinski definition) is 0. The van der Waals surface area contributed by atoms with E-state index in [1.165, 1.54) is 11.3 Å². The number of benzene rings is 1. The lowest BCUT2D eigenvalue weighted by Crippen LogP contribution is -1.93. The molecule has 96 valence electrons. The molecular formula is C12H4Cl2F2N2S. The SMILES string of the molecule is Fc1cc2c(Cl)nnc(-c3ccc(Cl)s3)c2cc1F. The van der Waals surface area contributed by atoms with Gasteiger partial charge in [0.1, 0.15) is 5.69 Å². The van der Waals surface area contributed by atoms with Gasteiger partial charge in [0.25, 0.3) is 0 Å². The van der Waals surface area contributed by atoms with Gasteiger partial charge < -0.3 is 0 Å². The number of aromatic nitrogens is 2. The fourth-order valence-electron chi connectivity index (χ4n) is 1.74. The molecule has 0 aliphatic rings. The number of nitrogens with zero attached hydrogens (tertiary/aromatic N) is 2. The first-order valence-electron chi connectivity index (χ1n) is 5.13. The predicted octanol–water partition coefficient (Wildman–Crippen LogP) is 4.94. The van der Waals surface area contributed by atoms with Crippen molar-refractivity contribution in [3.05, 3.63) is 45.4 Å². The highest BCUT2D eigenvalue weighted by atomic mass is 35.5. The number of rotatable bonds is 1. The molecule has 0 fully saturated rings. The summed E-state index contributed by atoms with van der Waals surface area (Å²) in [6.07, 6.45) is 0. The number of halogens is 4. The second-order valence-electron chi connectivity index (χ2n) is 3.76. The highest BCUT2D eigenvalue weighted by Gasteiger charge is 2.15. The zero-order chi connectivity index (χ0) is 13.6. The van der Waals surface area contributed by atoms with Crippen molar-refractivity contribution < 1.29 is 8.78 Å². The third-order valence-electron chi connectivity index (χ3n) is 2.58. The normalized spacial score (nSPS) is 11.2. The van der Waals surface area contributed by atoms with Gasteiger partial charge in [-0.3, -0.25) is 0 Å². The zero-order valence-corrected chi connectivity index (χ0v) is 11.5. The average Bonchev–Trinajstić information content (AvgIpc) is 2.79. The Kier molecular flexibility index (Phi) is 3.12. The largest absolute Gasteiger partial charge is 0.204 e. The first-order chi connectivity index (χ1) is 9.06. The van der Waals surface area contributed by atoms with E-state index in [1.54, 1.807) is 12.1 Å². The van der Waals surface area contributed by atoms with Crippen molar-refractivity contribution in [2.24, 2.45) is 0 Å². The number of fused-ring (bicyclic) bond motifs is 1. The standard InChI is InChI=1S/C12H4Cl2F2N2S/c13-10-2-1-9(19-10)11-5-3-7(15)8(16)4-6(5)12(14)18-17-11/h1-4H. The van der Waals surface area contributed by atoms with Gasteiger partial charge in [0, 0.05) is 10.8 Å². The summed E-state index contributed by atoms with van der Waals surface area (Å²) in [5.41, 5.74) is 0.426. The minimum absolute atomic E-state index is 0.0281. The topological polar surface area (TPSA) is 25.8 Å². The summed E-state index contributed by atoms with van der Waals surface area (Å²) in [6.45, 7) is 0. The Morgan fingerprint density at radius 3 is 2.26 bits per heavy atom. The molecule has 0 spiro atoms. The maximum atomic E-state index is 13.4. The molecule has 0 atom stereocenters. The molecule has 0 bridgehead atoms. The molecular weight excluding hydrogens is 313 g/mol. The molecule has 0 amide bonds. The van der Waals surface area contributed by atoms with Crippen molar-refractivity contribution in [1.29, 1.82) is 0 Å². The summed E-state index contributed by atoms with van der Waals surface area (Å²) in [7, 11) is 0. The smallest absolute Gasteiger partial charge is 0.159 e. The van der Waals surface area contributed by atoms with Crippen LogP contribution in [0.2, 0.25) is 9.49 Å². The van der Waals surface area contributed by atoms with Crippen molar-refractivity contribution in [3.63, 3.8) is 0 Å². The van der Waals surface area contributed by atoms with Crippen molar-refractivity contribution in [2.45, 2.75) is 0 Å². The molecule has 0 aliphatic carbocycles. The van der Waals surface area contributed by atoms with E-state index in [2.05, 4.69) is 10.2 Å². The second-order valence-corrected chi connectivity index (χ2v) is 5.83. The molecule has 0 aliphatic heterocycles. The average molecular weight is 317 g/mol. The fourth-order valence-corrected chi connectivity index (χ4v) is 2.97. The molecule has 3 rings (SSSR count). The van der Waals surface area contributed by atoms with Crippen LogP contribution >= 0.6 is 34.5 Å². The van der Waals surface area contributed by atoms with E-state index in [0.29, 0.717) is 25.7 Å². The third-order valence-corrected chi connectivity index (χ3v) is 4.10. The molecule has 0 radical (unpaired) electrons. The van der Waals surface area contributed by atoms with Gasteiger partial charge in [-0.15, -0.1) is 21.5 Å². The van der Waals surface area contributed by atoms with Crippen molar-refractivity contribution >= 4 is 45.3 Å². The molecule has 0 N–H and O–H groups in total. The van der Waals surface area contributed by atoms with Crippen LogP contribution in [0.25, 0.3) is 21.3 Å². The lowest BCUT2D eigenvalue weighted by atomic mass is 10.1. The predicted molar refractivity (Wildman–Crippen MR) is 72.8 cm³/mol. The Hall–Kier alpha value is -1.30. The highest BCUT2D eigenvalue weighted by molar-refractivity contribution is 7.19. The van der Waals surface area contributed by atoms with E-state index >= 15 is 0 Å². The molecule has 2 heterocycles. The van der Waals surface area contributed by atoms with E-state index in [4.69, 9.17) is 23.2 Å². The first-order valence-corrected chi connectivity index (χ1v) is 6.70. The molecule has 2 nitrogen and oxygen atoms in total. The Balaban J connectivity index is 2.37. The Labute approximate surface area is 120 Å². The first kappa shape index (κ1) is 12.7. The van der Waals surface area contributed by atoms with Crippen LogP contribution in [0.3, 0.4) is 0 Å². The van der Waals surface area contributed by atoms with Crippen molar-refractivity contribution in [3.8, 4) is 10.6 Å². The van der Waals surface area contributed by atoms with Crippen LogP contribution in [0.5, 0.6) is 0 Å². The van der Waals surface area contributed by atoms with Gasteiger partial charge in [-0.1, -0.05) is 23.2 Å². The monoisotopic (exact) mass is 316 g/mol. The quantitative estimate of drug-likeness (QED) is 0.635. The van der Waals surface area contributed by atoms with E-state index in [-0.39, 0.29) is 5.15 Å². The maximum Gasteiger partial charge on any atom is 0.159 e. The molecule has 0 unspecified atom stereocenters. The molecule has 7 heteroatoms. The Morgan fingerprint density at radius 1 is 0.947 bits per heavy atom. The Morgan fingerprint density at radius 2 is 1.63 bits per heavy atom. The summed E-state index contributed by atoms with van der Waals surface area (Å²) in [5, 5.41) is 8.44. The van der Waals surface area contributed by atoms with Gasteiger partial charge in [-0.25, -0.2) is 8.78 Å². The molecule has 3 aromatic rings. The van der Waals surface area contributed by atoms with Gasteiger partial charge in [0.15, 0.2) is 16.8 Å². The van der Waals surface area contributed by atoms with Crippen LogP contribution in [0, 0.1) is 11.6 Å². The van der Waals surface area contributed by atoms with Crippen LogP contribution < -0.4 is 0 Å². The number of hydrogen-bond acceptors (Lipinski definition) is 3. The van der Waals surface area contributed by atoms with Gasteiger partial charge in [0.2, 0.25) is 0 Å². The summed E-state index contributed by atoms with van der Waals surface area (Å²) >= 11 is 13.0. The molecule has 1 aromatic carbocycles. The zero-order valence-electron chi connectivity index (χ0n) is 9.12. The van der Waals surface area contributed by atoms with E-state index in [9.17, 15) is 8.78 Å². The van der Waals surface area contributed by atoms with Gasteiger partial charge in [0.05, 0.1) is 9.21 Å². The van der Waals surface area contributed by atoms with Gasteiger partial charge in [-0.05, 0) is 24.3 Å². The number of thiophene rings is 1.